The molecular formula is C6H10O5S. The van der Waals surface area contributed by atoms with Gasteiger partial charge in [-0.25, -0.2) is 4.79 Å². The second kappa shape index (κ2) is 5.87. The van der Waals surface area contributed by atoms with Crippen molar-refractivity contribution >= 4 is 17.3 Å². The lowest BCUT2D eigenvalue weighted by Gasteiger charge is -2.08. The SMILES string of the molecule is C=CC(=O)OCC(C)OS(=O)O. The standard InChI is InChI=1S/C6H10O5S/c1-3-6(7)10-4-5(2)11-12(8)9/h3,5H,1,4H2,2H3,(H,8,9). The van der Waals surface area contributed by atoms with E-state index >= 15 is 0 Å². The fourth-order valence-corrected chi connectivity index (χ4v) is 0.763. The third-order valence-corrected chi connectivity index (χ3v) is 1.37. The van der Waals surface area contributed by atoms with Crippen molar-refractivity contribution in [1.82, 2.24) is 0 Å². The molecule has 0 bridgehead atoms. The number of rotatable bonds is 5. The Labute approximate surface area is 72.8 Å². The Morgan fingerprint density at radius 2 is 2.42 bits per heavy atom. The van der Waals surface area contributed by atoms with Crippen LogP contribution in [0.1, 0.15) is 6.92 Å². The first kappa shape index (κ1) is 11.3. The van der Waals surface area contributed by atoms with Gasteiger partial charge in [-0.15, -0.1) is 0 Å². The molecule has 12 heavy (non-hydrogen) atoms. The van der Waals surface area contributed by atoms with Gasteiger partial charge >= 0.3 is 17.3 Å². The minimum Gasteiger partial charge on any atom is -0.460 e. The van der Waals surface area contributed by atoms with E-state index in [-0.39, 0.29) is 6.61 Å². The fraction of sp³-hybridized carbons (Fsp3) is 0.500. The number of hydrogen-bond acceptors (Lipinski definition) is 4. The van der Waals surface area contributed by atoms with E-state index in [1.54, 1.807) is 0 Å². The van der Waals surface area contributed by atoms with Crippen molar-refractivity contribution in [3.8, 4) is 0 Å². The van der Waals surface area contributed by atoms with Gasteiger partial charge in [-0.05, 0) is 6.92 Å². The number of esters is 1. The molecule has 0 aromatic carbocycles. The largest absolute Gasteiger partial charge is 0.460 e. The highest BCUT2D eigenvalue weighted by Crippen LogP contribution is 1.94. The summed E-state index contributed by atoms with van der Waals surface area (Å²) in [6, 6.07) is 0. The molecule has 0 saturated heterocycles. The van der Waals surface area contributed by atoms with Crippen LogP contribution in [-0.2, 0) is 25.1 Å². The average Bonchev–Trinajstić information content (AvgIpc) is 1.99. The van der Waals surface area contributed by atoms with Crippen molar-refractivity contribution in [1.29, 1.82) is 0 Å². The molecule has 2 atom stereocenters. The van der Waals surface area contributed by atoms with E-state index in [9.17, 15) is 9.00 Å². The number of hydrogen-bond donors (Lipinski definition) is 1. The number of carbonyl (C=O) groups is 1. The molecule has 0 fully saturated rings. The van der Waals surface area contributed by atoms with Crippen molar-refractivity contribution in [2.45, 2.75) is 13.0 Å². The smallest absolute Gasteiger partial charge is 0.330 e. The maximum absolute atomic E-state index is 10.5. The van der Waals surface area contributed by atoms with Crippen LogP contribution < -0.4 is 0 Å². The lowest BCUT2D eigenvalue weighted by molar-refractivity contribution is -0.139. The van der Waals surface area contributed by atoms with Gasteiger partial charge in [0, 0.05) is 6.08 Å². The van der Waals surface area contributed by atoms with Crippen molar-refractivity contribution in [2.24, 2.45) is 0 Å². The Hall–Kier alpha value is -0.720. The summed E-state index contributed by atoms with van der Waals surface area (Å²) < 4.78 is 27.2. The zero-order valence-corrected chi connectivity index (χ0v) is 7.37. The zero-order chi connectivity index (χ0) is 9.56. The third kappa shape index (κ3) is 6.02. The van der Waals surface area contributed by atoms with Gasteiger partial charge in [-0.2, -0.15) is 4.21 Å². The first-order chi connectivity index (χ1) is 5.56. The zero-order valence-electron chi connectivity index (χ0n) is 6.56. The topological polar surface area (TPSA) is 72.8 Å². The summed E-state index contributed by atoms with van der Waals surface area (Å²) in [6.45, 7) is 4.61. The maximum atomic E-state index is 10.5. The van der Waals surface area contributed by atoms with Gasteiger partial charge in [0.2, 0.25) is 0 Å². The molecule has 0 spiro atoms. The summed E-state index contributed by atoms with van der Waals surface area (Å²) in [6.07, 6.45) is 0.391. The molecule has 0 amide bonds. The van der Waals surface area contributed by atoms with E-state index in [1.807, 2.05) is 0 Å². The molecule has 0 radical (unpaired) electrons. The van der Waals surface area contributed by atoms with E-state index in [1.165, 1.54) is 6.92 Å². The van der Waals surface area contributed by atoms with Gasteiger partial charge in [0.1, 0.15) is 12.7 Å². The number of carbonyl (C=O) groups excluding carboxylic acids is 1. The Balaban J connectivity index is 3.56. The van der Waals surface area contributed by atoms with Crippen molar-refractivity contribution in [3.63, 3.8) is 0 Å². The van der Waals surface area contributed by atoms with Crippen molar-refractivity contribution in [3.05, 3.63) is 12.7 Å². The molecule has 0 aliphatic heterocycles. The average molecular weight is 194 g/mol. The van der Waals surface area contributed by atoms with E-state index < -0.39 is 23.4 Å². The quantitative estimate of drug-likeness (QED) is 0.386. The monoisotopic (exact) mass is 194 g/mol. The predicted molar refractivity (Wildman–Crippen MR) is 42.5 cm³/mol. The van der Waals surface area contributed by atoms with Gasteiger partial charge in [0.05, 0.1) is 0 Å². The first-order valence-corrected chi connectivity index (χ1v) is 4.16. The van der Waals surface area contributed by atoms with E-state index in [0.29, 0.717) is 0 Å². The molecule has 0 saturated carbocycles. The molecule has 2 unspecified atom stereocenters. The highest BCUT2D eigenvalue weighted by molar-refractivity contribution is 7.74. The molecule has 0 rings (SSSR count). The van der Waals surface area contributed by atoms with Crippen LogP contribution in [0.5, 0.6) is 0 Å². The van der Waals surface area contributed by atoms with Gasteiger partial charge in [-0.1, -0.05) is 6.58 Å². The van der Waals surface area contributed by atoms with E-state index in [4.69, 9.17) is 4.55 Å². The molecule has 0 aliphatic rings. The molecule has 6 heteroatoms. The van der Waals surface area contributed by atoms with Gasteiger partial charge in [0.15, 0.2) is 0 Å². The van der Waals surface area contributed by atoms with Crippen LogP contribution in [-0.4, -0.2) is 27.4 Å². The summed E-state index contributed by atoms with van der Waals surface area (Å²) in [5.74, 6) is -0.589. The summed E-state index contributed by atoms with van der Waals surface area (Å²) in [4.78, 5) is 10.5. The summed E-state index contributed by atoms with van der Waals surface area (Å²) in [5, 5.41) is 0. The van der Waals surface area contributed by atoms with Gasteiger partial charge in [0.25, 0.3) is 0 Å². The van der Waals surface area contributed by atoms with Crippen LogP contribution in [0.4, 0.5) is 0 Å². The van der Waals surface area contributed by atoms with E-state index in [0.717, 1.165) is 6.08 Å². The summed E-state index contributed by atoms with van der Waals surface area (Å²) >= 11 is -2.33. The van der Waals surface area contributed by atoms with Crippen LogP contribution in [0.15, 0.2) is 12.7 Å². The van der Waals surface area contributed by atoms with Crippen LogP contribution >= 0.6 is 0 Å². The van der Waals surface area contributed by atoms with Crippen LogP contribution in [0.25, 0.3) is 0 Å². The molecule has 0 aromatic heterocycles. The summed E-state index contributed by atoms with van der Waals surface area (Å²) in [7, 11) is 0. The molecule has 0 aromatic rings. The van der Waals surface area contributed by atoms with Crippen LogP contribution in [0.2, 0.25) is 0 Å². The first-order valence-electron chi connectivity index (χ1n) is 3.13. The summed E-state index contributed by atoms with van der Waals surface area (Å²) in [5.41, 5.74) is 0. The fourth-order valence-electron chi connectivity index (χ4n) is 0.427. The Kier molecular flexibility index (Phi) is 5.52. The molecule has 70 valence electrons. The minimum atomic E-state index is -2.33. The Morgan fingerprint density at radius 1 is 1.83 bits per heavy atom. The van der Waals surface area contributed by atoms with E-state index in [2.05, 4.69) is 15.5 Å². The lowest BCUT2D eigenvalue weighted by atomic mass is 10.4. The Bertz CT molecular complexity index is 190. The Morgan fingerprint density at radius 3 is 2.83 bits per heavy atom. The highest BCUT2D eigenvalue weighted by atomic mass is 32.2. The maximum Gasteiger partial charge on any atom is 0.330 e. The predicted octanol–water partition coefficient (Wildman–Crippen LogP) is 0.257. The lowest BCUT2D eigenvalue weighted by Crippen LogP contribution is -2.18. The highest BCUT2D eigenvalue weighted by Gasteiger charge is 2.07. The normalized spacial score (nSPS) is 14.8. The molecule has 0 aliphatic carbocycles. The molecule has 5 nitrogen and oxygen atoms in total. The molecule has 1 N–H and O–H groups in total. The molecular weight excluding hydrogens is 184 g/mol. The molecule has 0 heterocycles. The second-order valence-corrected chi connectivity index (χ2v) is 2.58. The third-order valence-electron chi connectivity index (χ3n) is 0.874. The minimum absolute atomic E-state index is 0.0723. The van der Waals surface area contributed by atoms with Crippen molar-refractivity contribution < 1.29 is 22.5 Å². The number of ether oxygens (including phenoxy) is 1. The van der Waals surface area contributed by atoms with Gasteiger partial charge in [-0.3, -0.25) is 8.74 Å². The second-order valence-electron chi connectivity index (χ2n) is 1.96. The van der Waals surface area contributed by atoms with Crippen LogP contribution in [0.3, 0.4) is 0 Å². The van der Waals surface area contributed by atoms with Gasteiger partial charge < -0.3 is 4.74 Å². The van der Waals surface area contributed by atoms with Crippen molar-refractivity contribution in [2.75, 3.05) is 6.61 Å². The van der Waals surface area contributed by atoms with Crippen LogP contribution in [0, 0.1) is 0 Å².